The molecule has 0 aromatic heterocycles. The molecule has 0 unspecified atom stereocenters. The number of benzene rings is 2. The van der Waals surface area contributed by atoms with E-state index in [0.29, 0.717) is 35.2 Å². The number of rotatable bonds is 7. The Kier molecular flexibility index (Phi) is 7.54. The number of hydrogen-bond acceptors (Lipinski definition) is 7. The molecule has 0 bridgehead atoms. The number of nitrogens with zero attached hydrogens (tertiary/aromatic N) is 3. The van der Waals surface area contributed by atoms with Crippen LogP contribution < -0.4 is 20.5 Å². The second-order valence-corrected chi connectivity index (χ2v) is 9.43. The first-order chi connectivity index (χ1) is 17.6. The fourth-order valence-corrected chi connectivity index (χ4v) is 4.49. The summed E-state index contributed by atoms with van der Waals surface area (Å²) in [5.41, 5.74) is 8.60. The van der Waals surface area contributed by atoms with Crippen molar-refractivity contribution in [3.8, 4) is 11.5 Å². The predicted molar refractivity (Wildman–Crippen MR) is 144 cm³/mol. The Hall–Kier alpha value is -3.85. The largest absolute Gasteiger partial charge is 0.497 e. The minimum Gasteiger partial charge on any atom is -0.497 e. The van der Waals surface area contributed by atoms with E-state index in [4.69, 9.17) is 31.8 Å². The molecule has 2 aliphatic rings. The molecule has 0 aliphatic carbocycles. The highest BCUT2D eigenvalue weighted by Crippen LogP contribution is 2.40. The summed E-state index contributed by atoms with van der Waals surface area (Å²) in [6, 6.07) is 8.19. The summed E-state index contributed by atoms with van der Waals surface area (Å²) in [6.07, 6.45) is 3.02. The van der Waals surface area contributed by atoms with Gasteiger partial charge in [0, 0.05) is 29.6 Å². The number of amides is 1. The molecule has 10 heteroatoms. The second kappa shape index (κ2) is 10.6. The maximum atomic E-state index is 15.5. The smallest absolute Gasteiger partial charge is 0.262 e. The van der Waals surface area contributed by atoms with E-state index in [2.05, 4.69) is 10.3 Å². The molecule has 0 saturated carbocycles. The third kappa shape index (κ3) is 5.17. The van der Waals surface area contributed by atoms with Gasteiger partial charge in [-0.05, 0) is 56.7 Å². The van der Waals surface area contributed by atoms with Crippen LogP contribution in [0.4, 0.5) is 10.1 Å². The Balaban J connectivity index is 1.78. The molecule has 3 N–H and O–H groups in total. The van der Waals surface area contributed by atoms with Crippen LogP contribution >= 0.6 is 11.6 Å². The number of hydrogen-bond donors (Lipinski definition) is 2. The maximum Gasteiger partial charge on any atom is 0.262 e. The number of ether oxygens (including phenoxy) is 2. The number of anilines is 1. The number of methoxy groups -OCH3 is 1. The maximum absolute atomic E-state index is 15.5. The van der Waals surface area contributed by atoms with Gasteiger partial charge in [-0.2, -0.15) is 0 Å². The normalized spacial score (nSPS) is 15.7. The highest BCUT2D eigenvalue weighted by Gasteiger charge is 2.33. The van der Waals surface area contributed by atoms with Crippen molar-refractivity contribution in [3.05, 3.63) is 76.0 Å². The van der Waals surface area contributed by atoms with Crippen molar-refractivity contribution < 1.29 is 18.7 Å². The van der Waals surface area contributed by atoms with Gasteiger partial charge in [0.15, 0.2) is 5.82 Å². The lowest BCUT2D eigenvalue weighted by atomic mass is 9.93. The van der Waals surface area contributed by atoms with Gasteiger partial charge in [-0.25, -0.2) is 9.38 Å². The van der Waals surface area contributed by atoms with E-state index in [1.807, 2.05) is 18.7 Å². The lowest BCUT2D eigenvalue weighted by Gasteiger charge is -2.35. The fourth-order valence-electron chi connectivity index (χ4n) is 4.27. The second-order valence-electron chi connectivity index (χ2n) is 9.02. The van der Waals surface area contributed by atoms with E-state index in [0.717, 1.165) is 11.3 Å². The topological polar surface area (TPSA) is 102 Å². The van der Waals surface area contributed by atoms with Gasteiger partial charge in [0.2, 0.25) is 0 Å². The number of nitrogens with two attached hydrogens (primary N) is 1. The molecule has 2 heterocycles. The van der Waals surface area contributed by atoms with E-state index in [1.54, 1.807) is 57.6 Å². The first-order valence-corrected chi connectivity index (χ1v) is 12.2. The summed E-state index contributed by atoms with van der Waals surface area (Å²) < 4.78 is 26.7. The average Bonchev–Trinajstić information content (AvgIpc) is 2.86. The van der Waals surface area contributed by atoms with Crippen LogP contribution in [-0.4, -0.2) is 42.2 Å². The number of nitrogens with one attached hydrogen (secondary N) is 1. The van der Waals surface area contributed by atoms with Crippen LogP contribution in [0, 0.1) is 5.82 Å². The summed E-state index contributed by atoms with van der Waals surface area (Å²) >= 11 is 6.34. The first-order valence-electron chi connectivity index (χ1n) is 11.8. The van der Waals surface area contributed by atoms with E-state index >= 15 is 4.39 Å². The molecule has 1 atom stereocenters. The van der Waals surface area contributed by atoms with Gasteiger partial charge in [-0.1, -0.05) is 18.5 Å². The predicted octanol–water partition coefficient (Wildman–Crippen LogP) is 5.46. The molecule has 194 valence electrons. The third-order valence-electron chi connectivity index (χ3n) is 6.03. The monoisotopic (exact) mass is 525 g/mol. The van der Waals surface area contributed by atoms with Gasteiger partial charge < -0.3 is 20.5 Å². The number of carbonyl (C=O) groups excluding carboxylic acids is 1. The molecule has 2 aromatic rings. The minimum atomic E-state index is -0.865. The molecule has 1 amide bonds. The molecule has 37 heavy (non-hydrogen) atoms. The fraction of sp³-hybridized carbons (Fsp3) is 0.296. The SMILES string of the molecule is COc1ccc(NC(=O)c2c(F)c(Cl)cc([C@H](C)C3=NCC(C)=C4C(N)=NC=CN34)c2OC(C)C)cc1. The van der Waals surface area contributed by atoms with Gasteiger partial charge in [0.25, 0.3) is 5.91 Å². The Labute approximate surface area is 220 Å². The number of halogens is 2. The zero-order valence-corrected chi connectivity index (χ0v) is 22.1. The van der Waals surface area contributed by atoms with Gasteiger partial charge >= 0.3 is 0 Å². The standard InChI is InChI=1S/C27H29ClFN5O3/c1-14(2)37-24-19(16(4)26-32-13-15(3)23-25(30)31-10-11-34(23)26)12-20(28)22(29)21(24)27(35)33-17-6-8-18(36-5)9-7-17/h6-12,14,16H,13H2,1-5H3,(H2,30,31)(H,33,35)/t16-/m0/s1. The quantitative estimate of drug-likeness (QED) is 0.499. The molecule has 0 spiro atoms. The van der Waals surface area contributed by atoms with Gasteiger partial charge in [-0.15, -0.1) is 0 Å². The highest BCUT2D eigenvalue weighted by atomic mass is 35.5. The zero-order chi connectivity index (χ0) is 26.9. The van der Waals surface area contributed by atoms with Crippen LogP contribution in [0.15, 0.2) is 64.0 Å². The molecule has 0 fully saturated rings. The lowest BCUT2D eigenvalue weighted by Crippen LogP contribution is -2.40. The van der Waals surface area contributed by atoms with Crippen LogP contribution in [0.3, 0.4) is 0 Å². The summed E-state index contributed by atoms with van der Waals surface area (Å²) in [7, 11) is 1.55. The van der Waals surface area contributed by atoms with Crippen molar-refractivity contribution in [2.24, 2.45) is 15.7 Å². The summed E-state index contributed by atoms with van der Waals surface area (Å²) in [4.78, 5) is 24.2. The zero-order valence-electron chi connectivity index (χ0n) is 21.3. The molecule has 2 aromatic carbocycles. The van der Waals surface area contributed by atoms with Crippen molar-refractivity contribution in [1.29, 1.82) is 0 Å². The van der Waals surface area contributed by atoms with E-state index in [-0.39, 0.29) is 22.4 Å². The van der Waals surface area contributed by atoms with Crippen LogP contribution in [0.2, 0.25) is 5.02 Å². The van der Waals surface area contributed by atoms with Gasteiger partial charge in [0.1, 0.15) is 28.7 Å². The molecular formula is C27H29ClFN5O3. The Morgan fingerprint density at radius 3 is 2.59 bits per heavy atom. The van der Waals surface area contributed by atoms with Crippen molar-refractivity contribution in [3.63, 3.8) is 0 Å². The number of amidine groups is 2. The Morgan fingerprint density at radius 2 is 1.95 bits per heavy atom. The van der Waals surface area contributed by atoms with Crippen molar-refractivity contribution in [2.45, 2.75) is 39.7 Å². The molecule has 0 radical (unpaired) electrons. The number of fused-ring (bicyclic) bond motifs is 1. The minimum absolute atomic E-state index is 0.105. The Morgan fingerprint density at radius 1 is 1.24 bits per heavy atom. The molecule has 2 aliphatic heterocycles. The molecule has 4 rings (SSSR count). The Bertz CT molecular complexity index is 1350. The summed E-state index contributed by atoms with van der Waals surface area (Å²) in [6.45, 7) is 7.88. The third-order valence-corrected chi connectivity index (χ3v) is 6.30. The lowest BCUT2D eigenvalue weighted by molar-refractivity contribution is 0.101. The van der Waals surface area contributed by atoms with Crippen LogP contribution in [0.5, 0.6) is 11.5 Å². The van der Waals surface area contributed by atoms with Gasteiger partial charge in [0.05, 0.1) is 30.5 Å². The summed E-state index contributed by atoms with van der Waals surface area (Å²) in [5.74, 6) is -0.226. The van der Waals surface area contributed by atoms with E-state index in [9.17, 15) is 4.79 Å². The molecule has 0 saturated heterocycles. The number of carbonyl (C=O) groups is 1. The average molecular weight is 526 g/mol. The van der Waals surface area contributed by atoms with Crippen LogP contribution in [-0.2, 0) is 0 Å². The molecule has 8 nitrogen and oxygen atoms in total. The molecular weight excluding hydrogens is 497 g/mol. The van der Waals surface area contributed by atoms with Crippen LogP contribution in [0.1, 0.15) is 49.5 Å². The summed E-state index contributed by atoms with van der Waals surface area (Å²) in [5, 5.41) is 2.53. The highest BCUT2D eigenvalue weighted by molar-refractivity contribution is 6.31. The van der Waals surface area contributed by atoms with E-state index < -0.39 is 17.6 Å². The van der Waals surface area contributed by atoms with Gasteiger partial charge in [-0.3, -0.25) is 14.7 Å². The number of aliphatic imine (C=N–C) groups is 2. The van der Waals surface area contributed by atoms with Crippen molar-refractivity contribution in [2.75, 3.05) is 19.0 Å². The van der Waals surface area contributed by atoms with Crippen molar-refractivity contribution in [1.82, 2.24) is 4.90 Å². The first kappa shape index (κ1) is 26.2. The van der Waals surface area contributed by atoms with Crippen molar-refractivity contribution >= 4 is 34.9 Å². The van der Waals surface area contributed by atoms with Crippen LogP contribution in [0.25, 0.3) is 0 Å². The van der Waals surface area contributed by atoms with E-state index in [1.165, 1.54) is 6.07 Å².